The van der Waals surface area contributed by atoms with E-state index in [1.807, 2.05) is 0 Å². The van der Waals surface area contributed by atoms with Crippen molar-refractivity contribution >= 4 is 54.9 Å². The highest BCUT2D eigenvalue weighted by atomic mass is 16.3. The largest absolute Gasteiger partial charge is 0.456 e. The van der Waals surface area contributed by atoms with Gasteiger partial charge in [-0.25, -0.2) is 4.57 Å². The summed E-state index contributed by atoms with van der Waals surface area (Å²) in [6.45, 7) is 18.2. The summed E-state index contributed by atoms with van der Waals surface area (Å²) in [5, 5.41) is 4.59. The van der Waals surface area contributed by atoms with Crippen LogP contribution in [0.15, 0.2) is 118 Å². The Balaban J connectivity index is 1.40. The van der Waals surface area contributed by atoms with Gasteiger partial charge in [0, 0.05) is 32.7 Å². The predicted octanol–water partition coefficient (Wildman–Crippen LogP) is 13.4. The Morgan fingerprint density at radius 2 is 1.28 bits per heavy atom. The number of aryl methyl sites for hydroxylation is 2. The molecule has 6 aromatic carbocycles. The van der Waals surface area contributed by atoms with Gasteiger partial charge in [0.15, 0.2) is 16.6 Å². The van der Waals surface area contributed by atoms with Crippen molar-refractivity contribution < 1.29 is 13.4 Å². The lowest BCUT2D eigenvalue weighted by Gasteiger charge is -2.19. The smallest absolute Gasteiger partial charge is 0.299 e. The third-order valence-corrected chi connectivity index (χ3v) is 11.3. The van der Waals surface area contributed by atoms with Crippen LogP contribution >= 0.6 is 0 Å². The van der Waals surface area contributed by atoms with Crippen LogP contribution in [0.25, 0.3) is 83.1 Å². The molecule has 0 fully saturated rings. The molecule has 4 heteroatoms. The van der Waals surface area contributed by atoms with E-state index < -0.39 is 0 Å². The molecule has 0 aliphatic rings. The van der Waals surface area contributed by atoms with Crippen LogP contribution in [0.1, 0.15) is 82.6 Å². The van der Waals surface area contributed by atoms with Crippen molar-refractivity contribution in [2.75, 3.05) is 0 Å². The van der Waals surface area contributed by atoms with Gasteiger partial charge < -0.3 is 8.83 Å². The summed E-state index contributed by atoms with van der Waals surface area (Å²) < 4.78 is 18.8. The maximum absolute atomic E-state index is 7.00. The number of rotatable bonds is 5. The minimum Gasteiger partial charge on any atom is -0.456 e. The number of nitrogens with zero attached hydrogens (tertiary/aromatic N) is 2. The third-order valence-electron chi connectivity index (χ3n) is 11.3. The zero-order valence-corrected chi connectivity index (χ0v) is 32.3. The molecule has 0 saturated heterocycles. The molecule has 0 spiro atoms. The topological polar surface area (TPSA) is 35.1 Å². The summed E-state index contributed by atoms with van der Waals surface area (Å²) in [4.78, 5) is 0. The van der Waals surface area contributed by atoms with Gasteiger partial charge in [0.1, 0.15) is 28.0 Å². The van der Waals surface area contributed by atoms with Gasteiger partial charge in [0.05, 0.1) is 7.05 Å². The molecule has 0 N–H and O–H groups in total. The SMILES string of the molecule is Cc1ccc2c(oc3cc(C(C)(C)C)ccc32)c1-c1n(-c2c(C(C)C)cc3c(oc4cc(-c5ccccc5)ccc43)c2C(C)C)c2ccccc2[n+]1C. The molecule has 0 atom stereocenters. The standard InChI is InChI=1S/C49H47N2O2/c1-28(2)37-27-38-35-23-20-32(31-15-11-10-12-16-31)25-41(35)52-47(38)43(29(3)4)45(37)51-40-18-14-13-17-39(40)50(9)48(51)44-30(5)19-22-36-34-24-21-33(49(6,7)8)26-42(34)53-46(36)44/h10-29H,1-9H3/q+1. The summed E-state index contributed by atoms with van der Waals surface area (Å²) in [7, 11) is 2.20. The fourth-order valence-electron chi connectivity index (χ4n) is 8.49. The van der Waals surface area contributed by atoms with E-state index in [4.69, 9.17) is 8.83 Å². The van der Waals surface area contributed by atoms with Crippen LogP contribution in [-0.2, 0) is 12.5 Å². The molecule has 3 aromatic heterocycles. The Labute approximate surface area is 311 Å². The first-order valence-corrected chi connectivity index (χ1v) is 19.0. The molecule has 9 aromatic rings. The molecule has 0 unspecified atom stereocenters. The second-order valence-corrected chi connectivity index (χ2v) is 16.5. The van der Waals surface area contributed by atoms with Gasteiger partial charge in [0.2, 0.25) is 0 Å². The van der Waals surface area contributed by atoms with E-state index in [-0.39, 0.29) is 17.3 Å². The average Bonchev–Trinajstić information content (AvgIpc) is 3.79. The predicted molar refractivity (Wildman–Crippen MR) is 221 cm³/mol. The van der Waals surface area contributed by atoms with Crippen molar-refractivity contribution in [3.8, 4) is 28.2 Å². The lowest BCUT2D eigenvalue weighted by atomic mass is 9.86. The zero-order chi connectivity index (χ0) is 36.9. The van der Waals surface area contributed by atoms with Crippen LogP contribution in [-0.4, -0.2) is 4.57 Å². The van der Waals surface area contributed by atoms with Crippen molar-refractivity contribution in [3.63, 3.8) is 0 Å². The van der Waals surface area contributed by atoms with Crippen molar-refractivity contribution in [3.05, 3.63) is 131 Å². The fourth-order valence-corrected chi connectivity index (χ4v) is 8.49. The summed E-state index contributed by atoms with van der Waals surface area (Å²) in [6.07, 6.45) is 0. The van der Waals surface area contributed by atoms with E-state index in [1.54, 1.807) is 0 Å². The van der Waals surface area contributed by atoms with Gasteiger partial charge >= 0.3 is 0 Å². The van der Waals surface area contributed by atoms with Crippen molar-refractivity contribution in [1.82, 2.24) is 4.57 Å². The van der Waals surface area contributed by atoms with Crippen LogP contribution in [0.5, 0.6) is 0 Å². The minimum atomic E-state index is 0.0175. The quantitative estimate of drug-likeness (QED) is 0.168. The lowest BCUT2D eigenvalue weighted by molar-refractivity contribution is -0.633. The van der Waals surface area contributed by atoms with Gasteiger partial charge in [-0.1, -0.05) is 121 Å². The lowest BCUT2D eigenvalue weighted by Crippen LogP contribution is -2.30. The van der Waals surface area contributed by atoms with Gasteiger partial charge in [-0.3, -0.25) is 0 Å². The Bertz CT molecular complexity index is 2890. The Morgan fingerprint density at radius 3 is 2.02 bits per heavy atom. The van der Waals surface area contributed by atoms with E-state index in [2.05, 4.69) is 181 Å². The summed E-state index contributed by atoms with van der Waals surface area (Å²) in [6, 6.07) is 39.6. The second kappa shape index (κ2) is 12.0. The van der Waals surface area contributed by atoms with Crippen LogP contribution in [0.2, 0.25) is 0 Å². The molecular formula is C49H47N2O2+. The zero-order valence-electron chi connectivity index (χ0n) is 32.3. The molecule has 4 nitrogen and oxygen atoms in total. The maximum Gasteiger partial charge on any atom is 0.299 e. The normalized spacial score (nSPS) is 12.6. The molecule has 0 bridgehead atoms. The molecule has 53 heavy (non-hydrogen) atoms. The molecule has 9 rings (SSSR count). The van der Waals surface area contributed by atoms with Crippen LogP contribution in [0, 0.1) is 6.92 Å². The number of furan rings is 2. The van der Waals surface area contributed by atoms with Crippen LogP contribution < -0.4 is 4.57 Å². The number of benzene rings is 6. The van der Waals surface area contributed by atoms with E-state index in [0.29, 0.717) is 0 Å². The number of fused-ring (bicyclic) bond motifs is 7. The molecule has 0 radical (unpaired) electrons. The Kier molecular flexibility index (Phi) is 7.50. The first-order valence-electron chi connectivity index (χ1n) is 19.0. The van der Waals surface area contributed by atoms with E-state index in [9.17, 15) is 0 Å². The summed E-state index contributed by atoms with van der Waals surface area (Å²) in [5.41, 5.74) is 15.6. The van der Waals surface area contributed by atoms with E-state index in [0.717, 1.165) is 66.5 Å². The maximum atomic E-state index is 7.00. The van der Waals surface area contributed by atoms with Crippen molar-refractivity contribution in [1.29, 1.82) is 0 Å². The van der Waals surface area contributed by atoms with Gasteiger partial charge in [-0.2, -0.15) is 4.57 Å². The molecular weight excluding hydrogens is 649 g/mol. The highest BCUT2D eigenvalue weighted by molar-refractivity contribution is 6.11. The highest BCUT2D eigenvalue weighted by Crippen LogP contribution is 2.46. The number of para-hydroxylation sites is 2. The number of aromatic nitrogens is 2. The van der Waals surface area contributed by atoms with Crippen molar-refractivity contribution in [2.45, 2.75) is 72.6 Å². The number of hydrogen-bond donors (Lipinski definition) is 0. The fraction of sp³-hybridized carbons (Fsp3) is 0.245. The Morgan fingerprint density at radius 1 is 0.623 bits per heavy atom. The van der Waals surface area contributed by atoms with E-state index in [1.165, 1.54) is 38.9 Å². The van der Waals surface area contributed by atoms with Gasteiger partial charge in [-0.15, -0.1) is 0 Å². The Hall–Kier alpha value is -5.61. The average molecular weight is 696 g/mol. The summed E-state index contributed by atoms with van der Waals surface area (Å²) in [5.74, 6) is 1.52. The molecule has 0 aliphatic heterocycles. The van der Waals surface area contributed by atoms with Gasteiger partial charge in [-0.05, 0) is 82.8 Å². The molecule has 0 amide bonds. The van der Waals surface area contributed by atoms with Gasteiger partial charge in [0.25, 0.3) is 5.82 Å². The minimum absolute atomic E-state index is 0.0175. The summed E-state index contributed by atoms with van der Waals surface area (Å²) >= 11 is 0. The highest BCUT2D eigenvalue weighted by Gasteiger charge is 2.35. The van der Waals surface area contributed by atoms with E-state index >= 15 is 0 Å². The number of imidazole rings is 1. The van der Waals surface area contributed by atoms with Crippen LogP contribution in [0.4, 0.5) is 0 Å². The van der Waals surface area contributed by atoms with Crippen molar-refractivity contribution in [2.24, 2.45) is 7.05 Å². The second-order valence-electron chi connectivity index (χ2n) is 16.5. The number of hydrogen-bond acceptors (Lipinski definition) is 2. The first kappa shape index (κ1) is 33.2. The molecule has 0 aliphatic carbocycles. The monoisotopic (exact) mass is 695 g/mol. The van der Waals surface area contributed by atoms with Crippen LogP contribution in [0.3, 0.4) is 0 Å². The molecule has 0 saturated carbocycles. The molecule has 3 heterocycles. The molecule has 264 valence electrons. The first-order chi connectivity index (χ1) is 25.4. The third kappa shape index (κ3) is 5.06.